The average molecular weight is 354 g/mol. The van der Waals surface area contributed by atoms with Crippen molar-refractivity contribution in [2.24, 2.45) is 0 Å². The number of ketones is 1. The molecule has 1 atom stereocenters. The lowest BCUT2D eigenvalue weighted by Gasteiger charge is -2.26. The first-order valence-corrected chi connectivity index (χ1v) is 8.47. The molecule has 0 unspecified atom stereocenters. The highest BCUT2D eigenvalue weighted by atomic mass is 19.1. The van der Waals surface area contributed by atoms with Crippen molar-refractivity contribution in [3.05, 3.63) is 71.5 Å². The van der Waals surface area contributed by atoms with Gasteiger partial charge in [-0.05, 0) is 24.1 Å². The summed E-state index contributed by atoms with van der Waals surface area (Å²) in [5, 5.41) is 2.75. The number of nitrogens with zero attached hydrogens (tertiary/aromatic N) is 1. The van der Waals surface area contributed by atoms with E-state index >= 15 is 0 Å². The molecule has 0 saturated carbocycles. The maximum Gasteiger partial charge on any atom is 0.325 e. The van der Waals surface area contributed by atoms with Gasteiger partial charge in [0.25, 0.3) is 5.91 Å². The number of amides is 3. The van der Waals surface area contributed by atoms with E-state index in [-0.39, 0.29) is 5.56 Å². The van der Waals surface area contributed by atoms with Gasteiger partial charge in [-0.1, -0.05) is 55.8 Å². The number of urea groups is 1. The molecule has 134 valence electrons. The number of hydrogen-bond acceptors (Lipinski definition) is 3. The normalized spacial score (nSPS) is 19.5. The maximum absolute atomic E-state index is 13.8. The first-order chi connectivity index (χ1) is 12.5. The Bertz CT molecular complexity index is 853. The minimum atomic E-state index is -1.19. The Balaban J connectivity index is 1.91. The molecule has 3 rings (SSSR count). The predicted octanol–water partition coefficient (Wildman–Crippen LogP) is 3.26. The minimum Gasteiger partial charge on any atom is -0.319 e. The third-order valence-electron chi connectivity index (χ3n) is 4.54. The molecule has 0 aromatic heterocycles. The summed E-state index contributed by atoms with van der Waals surface area (Å²) >= 11 is 0. The number of nitrogens with one attached hydrogen (secondary N) is 1. The average Bonchev–Trinajstić information content (AvgIpc) is 2.88. The molecule has 2 aromatic rings. The standard InChI is InChI=1S/C20H19FN2O3/c1-2-12-20(14-8-4-3-5-9-14)18(25)23(19(26)22-20)13-17(24)15-10-6-7-11-16(15)21/h3-11H,2,12-13H2,1H3,(H,22,26)/t20-/m0/s1. The van der Waals surface area contributed by atoms with Crippen LogP contribution in [0.2, 0.25) is 0 Å². The highest BCUT2D eigenvalue weighted by Gasteiger charge is 2.52. The topological polar surface area (TPSA) is 66.5 Å². The van der Waals surface area contributed by atoms with Crippen molar-refractivity contribution in [3.8, 4) is 0 Å². The van der Waals surface area contributed by atoms with E-state index in [1.165, 1.54) is 24.3 Å². The second-order valence-corrected chi connectivity index (χ2v) is 6.25. The van der Waals surface area contributed by atoms with E-state index in [0.29, 0.717) is 18.4 Å². The molecule has 1 heterocycles. The van der Waals surface area contributed by atoms with Gasteiger partial charge in [-0.15, -0.1) is 0 Å². The van der Waals surface area contributed by atoms with Gasteiger partial charge in [0, 0.05) is 0 Å². The van der Waals surface area contributed by atoms with Gasteiger partial charge in [0.05, 0.1) is 12.1 Å². The number of rotatable bonds is 6. The Morgan fingerprint density at radius 1 is 1.08 bits per heavy atom. The van der Waals surface area contributed by atoms with Crippen LogP contribution < -0.4 is 5.32 Å². The van der Waals surface area contributed by atoms with Crippen molar-refractivity contribution in [1.29, 1.82) is 0 Å². The summed E-state index contributed by atoms with van der Waals surface area (Å²) in [4.78, 5) is 38.8. The van der Waals surface area contributed by atoms with Crippen LogP contribution in [-0.2, 0) is 10.3 Å². The number of benzene rings is 2. The van der Waals surface area contributed by atoms with Gasteiger partial charge in [0.1, 0.15) is 11.4 Å². The summed E-state index contributed by atoms with van der Waals surface area (Å²) in [7, 11) is 0. The molecule has 3 amide bonds. The van der Waals surface area contributed by atoms with Crippen molar-refractivity contribution in [3.63, 3.8) is 0 Å². The van der Waals surface area contributed by atoms with Gasteiger partial charge >= 0.3 is 6.03 Å². The summed E-state index contributed by atoms with van der Waals surface area (Å²) in [5.41, 5.74) is -0.662. The molecule has 6 heteroatoms. The van der Waals surface area contributed by atoms with E-state index in [2.05, 4.69) is 5.32 Å². The Kier molecular flexibility index (Phi) is 4.84. The molecular weight excluding hydrogens is 335 g/mol. The number of carbonyl (C=O) groups is 3. The predicted molar refractivity (Wildman–Crippen MR) is 94.0 cm³/mol. The molecule has 1 aliphatic heterocycles. The monoisotopic (exact) mass is 354 g/mol. The van der Waals surface area contributed by atoms with Gasteiger partial charge in [0.2, 0.25) is 0 Å². The molecule has 1 aliphatic rings. The van der Waals surface area contributed by atoms with Crippen molar-refractivity contribution in [2.45, 2.75) is 25.3 Å². The molecule has 1 N–H and O–H groups in total. The fraction of sp³-hybridized carbons (Fsp3) is 0.250. The fourth-order valence-corrected chi connectivity index (χ4v) is 3.29. The SMILES string of the molecule is CCC[C@@]1(c2ccccc2)NC(=O)N(CC(=O)c2ccccc2F)C1=O. The Morgan fingerprint density at radius 2 is 1.73 bits per heavy atom. The van der Waals surface area contributed by atoms with Crippen molar-refractivity contribution in [2.75, 3.05) is 6.54 Å². The van der Waals surface area contributed by atoms with Crippen LogP contribution in [-0.4, -0.2) is 29.2 Å². The van der Waals surface area contributed by atoms with E-state index in [9.17, 15) is 18.8 Å². The summed E-state index contributed by atoms with van der Waals surface area (Å²) in [5.74, 6) is -1.78. The molecule has 0 radical (unpaired) electrons. The van der Waals surface area contributed by atoms with E-state index in [1.54, 1.807) is 24.3 Å². The van der Waals surface area contributed by atoms with E-state index < -0.39 is 35.6 Å². The molecule has 0 spiro atoms. The number of halogens is 1. The lowest BCUT2D eigenvalue weighted by Crippen LogP contribution is -2.44. The lowest BCUT2D eigenvalue weighted by molar-refractivity contribution is -0.131. The van der Waals surface area contributed by atoms with Gasteiger partial charge in [0.15, 0.2) is 5.78 Å². The molecule has 1 fully saturated rings. The summed E-state index contributed by atoms with van der Waals surface area (Å²) < 4.78 is 13.8. The van der Waals surface area contributed by atoms with Crippen molar-refractivity contribution in [1.82, 2.24) is 10.2 Å². The zero-order chi connectivity index (χ0) is 18.7. The largest absolute Gasteiger partial charge is 0.325 e. The fourth-order valence-electron chi connectivity index (χ4n) is 3.29. The zero-order valence-electron chi connectivity index (χ0n) is 14.4. The molecule has 26 heavy (non-hydrogen) atoms. The lowest BCUT2D eigenvalue weighted by atomic mass is 9.85. The second kappa shape index (κ2) is 7.07. The first-order valence-electron chi connectivity index (χ1n) is 8.47. The minimum absolute atomic E-state index is 0.138. The number of carbonyl (C=O) groups excluding carboxylic acids is 3. The van der Waals surface area contributed by atoms with Crippen molar-refractivity contribution < 1.29 is 18.8 Å². The van der Waals surface area contributed by atoms with Crippen LogP contribution >= 0.6 is 0 Å². The van der Waals surface area contributed by atoms with E-state index in [0.717, 1.165) is 4.90 Å². The van der Waals surface area contributed by atoms with Gasteiger partial charge in [-0.3, -0.25) is 14.5 Å². The van der Waals surface area contributed by atoms with Gasteiger partial charge in [-0.2, -0.15) is 0 Å². The quantitative estimate of drug-likeness (QED) is 0.640. The molecule has 1 saturated heterocycles. The highest BCUT2D eigenvalue weighted by molar-refractivity contribution is 6.11. The van der Waals surface area contributed by atoms with Crippen LogP contribution in [0.15, 0.2) is 54.6 Å². The Morgan fingerprint density at radius 3 is 2.38 bits per heavy atom. The van der Waals surface area contributed by atoms with Gasteiger partial charge in [-0.25, -0.2) is 9.18 Å². The Hall–Kier alpha value is -3.02. The smallest absolute Gasteiger partial charge is 0.319 e. The van der Waals surface area contributed by atoms with Crippen LogP contribution in [0.3, 0.4) is 0 Å². The third-order valence-corrected chi connectivity index (χ3v) is 4.54. The van der Waals surface area contributed by atoms with Crippen LogP contribution in [0.5, 0.6) is 0 Å². The molecular formula is C20H19FN2O3. The van der Waals surface area contributed by atoms with E-state index in [1.807, 2.05) is 13.0 Å². The number of Topliss-reactive ketones (excluding diaryl/α,β-unsaturated/α-hetero) is 1. The third kappa shape index (κ3) is 2.98. The number of hydrogen-bond donors (Lipinski definition) is 1. The van der Waals surface area contributed by atoms with Crippen molar-refractivity contribution >= 4 is 17.7 Å². The highest BCUT2D eigenvalue weighted by Crippen LogP contribution is 2.33. The summed E-state index contributed by atoms with van der Waals surface area (Å²) in [6.07, 6.45) is 1.07. The zero-order valence-corrected chi connectivity index (χ0v) is 14.4. The number of imide groups is 1. The molecule has 2 aromatic carbocycles. The maximum atomic E-state index is 13.8. The van der Waals surface area contributed by atoms with Crippen LogP contribution in [0.25, 0.3) is 0 Å². The molecule has 5 nitrogen and oxygen atoms in total. The summed E-state index contributed by atoms with van der Waals surface area (Å²) in [6, 6.07) is 13.8. The molecule has 0 bridgehead atoms. The van der Waals surface area contributed by atoms with Crippen LogP contribution in [0.4, 0.5) is 9.18 Å². The van der Waals surface area contributed by atoms with Gasteiger partial charge < -0.3 is 5.32 Å². The van der Waals surface area contributed by atoms with Crippen LogP contribution in [0, 0.1) is 5.82 Å². The van der Waals surface area contributed by atoms with Crippen LogP contribution in [0.1, 0.15) is 35.7 Å². The summed E-state index contributed by atoms with van der Waals surface area (Å²) in [6.45, 7) is 1.42. The second-order valence-electron chi connectivity index (χ2n) is 6.25. The first kappa shape index (κ1) is 17.8. The van der Waals surface area contributed by atoms with E-state index in [4.69, 9.17) is 0 Å². The Labute approximate surface area is 150 Å². The molecule has 0 aliphatic carbocycles.